The summed E-state index contributed by atoms with van der Waals surface area (Å²) in [5.41, 5.74) is 4.65. The summed E-state index contributed by atoms with van der Waals surface area (Å²) in [5.74, 6) is -0.413. The standard InChI is InChI=1S/C14H16O2/c1-3-10-4-5-12-9(2)6-11(8-14(15)16)13(12)7-10/h4-5,7-9H,3,6H2,1-2H3,(H,15,16)/b11-8+. The van der Waals surface area contributed by atoms with Crippen molar-refractivity contribution < 1.29 is 9.90 Å². The van der Waals surface area contributed by atoms with E-state index in [4.69, 9.17) is 5.11 Å². The normalized spacial score (nSPS) is 21.1. The van der Waals surface area contributed by atoms with Gasteiger partial charge < -0.3 is 5.11 Å². The summed E-state index contributed by atoms with van der Waals surface area (Å²) in [6.07, 6.45) is 3.18. The highest BCUT2D eigenvalue weighted by molar-refractivity contribution is 5.92. The van der Waals surface area contributed by atoms with Gasteiger partial charge in [-0.25, -0.2) is 4.79 Å². The van der Waals surface area contributed by atoms with Gasteiger partial charge in [-0.1, -0.05) is 32.0 Å². The van der Waals surface area contributed by atoms with Gasteiger partial charge in [0.1, 0.15) is 0 Å². The minimum Gasteiger partial charge on any atom is -0.478 e. The van der Waals surface area contributed by atoms with Crippen LogP contribution in [0.25, 0.3) is 5.57 Å². The Balaban J connectivity index is 2.50. The Kier molecular flexibility index (Phi) is 2.82. The molecule has 1 N–H and O–H groups in total. The van der Waals surface area contributed by atoms with Crippen molar-refractivity contribution >= 4 is 11.5 Å². The minimum absolute atomic E-state index is 0.437. The van der Waals surface area contributed by atoms with Crippen molar-refractivity contribution in [3.8, 4) is 0 Å². The molecule has 0 radical (unpaired) electrons. The maximum atomic E-state index is 10.7. The van der Waals surface area contributed by atoms with Crippen LogP contribution in [0, 0.1) is 0 Å². The van der Waals surface area contributed by atoms with Crippen LogP contribution in [-0.4, -0.2) is 11.1 Å². The Hall–Kier alpha value is -1.57. The average molecular weight is 216 g/mol. The first-order chi connectivity index (χ1) is 7.61. The first-order valence-corrected chi connectivity index (χ1v) is 5.68. The number of hydrogen-bond acceptors (Lipinski definition) is 1. The van der Waals surface area contributed by atoms with Crippen molar-refractivity contribution in [2.24, 2.45) is 0 Å². The summed E-state index contributed by atoms with van der Waals surface area (Å²) < 4.78 is 0. The van der Waals surface area contributed by atoms with Gasteiger partial charge in [-0.2, -0.15) is 0 Å². The fourth-order valence-corrected chi connectivity index (χ4v) is 2.37. The molecule has 1 aromatic carbocycles. The van der Waals surface area contributed by atoms with Crippen LogP contribution in [0.2, 0.25) is 0 Å². The molecule has 0 aromatic heterocycles. The molecule has 0 aliphatic heterocycles. The molecule has 1 unspecified atom stereocenters. The third-order valence-corrected chi connectivity index (χ3v) is 3.23. The van der Waals surface area contributed by atoms with Crippen molar-refractivity contribution in [3.63, 3.8) is 0 Å². The second-order valence-corrected chi connectivity index (χ2v) is 4.39. The molecule has 84 valence electrons. The molecule has 0 heterocycles. The van der Waals surface area contributed by atoms with Crippen molar-refractivity contribution in [2.45, 2.75) is 32.6 Å². The number of carbonyl (C=O) groups is 1. The summed E-state index contributed by atoms with van der Waals surface area (Å²) in [7, 11) is 0. The largest absolute Gasteiger partial charge is 0.478 e. The number of allylic oxidation sites excluding steroid dienone is 1. The molecule has 2 heteroatoms. The van der Waals surface area contributed by atoms with Crippen molar-refractivity contribution in [3.05, 3.63) is 41.0 Å². The highest BCUT2D eigenvalue weighted by atomic mass is 16.4. The molecule has 0 spiro atoms. The molecule has 0 bridgehead atoms. The number of fused-ring (bicyclic) bond motifs is 1. The Bertz CT molecular complexity index is 458. The lowest BCUT2D eigenvalue weighted by Gasteiger charge is -2.05. The van der Waals surface area contributed by atoms with Crippen LogP contribution in [0.4, 0.5) is 0 Å². The molecule has 1 atom stereocenters. The highest BCUT2D eigenvalue weighted by Crippen LogP contribution is 2.41. The van der Waals surface area contributed by atoms with E-state index in [9.17, 15) is 4.79 Å². The molecule has 2 rings (SSSR count). The SMILES string of the molecule is CCc1ccc2c(c1)/C(=C/C(=O)O)CC2C. The molecule has 0 amide bonds. The zero-order valence-corrected chi connectivity index (χ0v) is 9.66. The predicted molar refractivity (Wildman–Crippen MR) is 64.5 cm³/mol. The van der Waals surface area contributed by atoms with Gasteiger partial charge in [0.05, 0.1) is 0 Å². The molecule has 0 fully saturated rings. The summed E-state index contributed by atoms with van der Waals surface area (Å²) in [4.78, 5) is 10.7. The number of rotatable bonds is 2. The highest BCUT2D eigenvalue weighted by Gasteiger charge is 2.23. The lowest BCUT2D eigenvalue weighted by atomic mass is 10.0. The van der Waals surface area contributed by atoms with Gasteiger partial charge >= 0.3 is 5.97 Å². The van der Waals surface area contributed by atoms with Crippen LogP contribution in [0.5, 0.6) is 0 Å². The summed E-state index contributed by atoms with van der Waals surface area (Å²) in [6, 6.07) is 6.41. The Morgan fingerprint density at radius 3 is 2.94 bits per heavy atom. The number of benzene rings is 1. The van der Waals surface area contributed by atoms with E-state index in [0.29, 0.717) is 5.92 Å². The molecule has 2 nitrogen and oxygen atoms in total. The molecule has 1 aliphatic carbocycles. The Morgan fingerprint density at radius 2 is 2.31 bits per heavy atom. The van der Waals surface area contributed by atoms with E-state index in [-0.39, 0.29) is 0 Å². The third kappa shape index (κ3) is 1.87. The van der Waals surface area contributed by atoms with E-state index in [1.165, 1.54) is 17.2 Å². The van der Waals surface area contributed by atoms with Gasteiger partial charge in [0.15, 0.2) is 0 Å². The van der Waals surface area contributed by atoms with Gasteiger partial charge in [-0.05, 0) is 41.0 Å². The van der Waals surface area contributed by atoms with Crippen LogP contribution in [0.15, 0.2) is 24.3 Å². The summed E-state index contributed by atoms with van der Waals surface area (Å²) >= 11 is 0. The molecular weight excluding hydrogens is 200 g/mol. The first-order valence-electron chi connectivity index (χ1n) is 5.68. The lowest BCUT2D eigenvalue weighted by Crippen LogP contribution is -1.91. The molecule has 0 saturated heterocycles. The van der Waals surface area contributed by atoms with E-state index < -0.39 is 5.97 Å². The van der Waals surface area contributed by atoms with Gasteiger partial charge in [0, 0.05) is 6.08 Å². The maximum absolute atomic E-state index is 10.7. The van der Waals surface area contributed by atoms with E-state index in [0.717, 1.165) is 24.0 Å². The minimum atomic E-state index is -0.850. The lowest BCUT2D eigenvalue weighted by molar-refractivity contribution is -0.131. The summed E-state index contributed by atoms with van der Waals surface area (Å²) in [5, 5.41) is 8.84. The van der Waals surface area contributed by atoms with E-state index in [1.54, 1.807) is 0 Å². The first kappa shape index (κ1) is 10.9. The van der Waals surface area contributed by atoms with Gasteiger partial charge in [-0.15, -0.1) is 0 Å². The quantitative estimate of drug-likeness (QED) is 0.771. The fraction of sp³-hybridized carbons (Fsp3) is 0.357. The van der Waals surface area contributed by atoms with Crippen LogP contribution < -0.4 is 0 Å². The molecule has 16 heavy (non-hydrogen) atoms. The Labute approximate surface area is 95.6 Å². The van der Waals surface area contributed by atoms with Crippen LogP contribution in [0.3, 0.4) is 0 Å². The second kappa shape index (κ2) is 4.12. The monoisotopic (exact) mass is 216 g/mol. The number of aliphatic carboxylic acids is 1. The van der Waals surface area contributed by atoms with Gasteiger partial charge in [0.25, 0.3) is 0 Å². The maximum Gasteiger partial charge on any atom is 0.328 e. The van der Waals surface area contributed by atoms with Crippen LogP contribution in [-0.2, 0) is 11.2 Å². The third-order valence-electron chi connectivity index (χ3n) is 3.23. The van der Waals surface area contributed by atoms with E-state index in [1.807, 2.05) is 0 Å². The zero-order chi connectivity index (χ0) is 11.7. The fourth-order valence-electron chi connectivity index (χ4n) is 2.37. The predicted octanol–water partition coefficient (Wildman–Crippen LogP) is 3.22. The smallest absolute Gasteiger partial charge is 0.328 e. The molecule has 1 aromatic rings. The topological polar surface area (TPSA) is 37.3 Å². The Morgan fingerprint density at radius 1 is 1.56 bits per heavy atom. The average Bonchev–Trinajstić information content (AvgIpc) is 2.54. The summed E-state index contributed by atoms with van der Waals surface area (Å²) in [6.45, 7) is 4.26. The molecular formula is C14H16O2. The number of hydrogen-bond donors (Lipinski definition) is 1. The van der Waals surface area contributed by atoms with E-state index in [2.05, 4.69) is 32.0 Å². The number of carboxylic acid groups (broad SMARTS) is 1. The van der Waals surface area contributed by atoms with Crippen LogP contribution in [0.1, 0.15) is 42.9 Å². The van der Waals surface area contributed by atoms with Crippen molar-refractivity contribution in [1.82, 2.24) is 0 Å². The number of carboxylic acids is 1. The van der Waals surface area contributed by atoms with E-state index >= 15 is 0 Å². The van der Waals surface area contributed by atoms with Crippen molar-refractivity contribution in [2.75, 3.05) is 0 Å². The second-order valence-electron chi connectivity index (χ2n) is 4.39. The zero-order valence-electron chi connectivity index (χ0n) is 9.66. The van der Waals surface area contributed by atoms with Crippen molar-refractivity contribution in [1.29, 1.82) is 0 Å². The van der Waals surface area contributed by atoms with Gasteiger partial charge in [-0.3, -0.25) is 0 Å². The molecule has 0 saturated carbocycles. The van der Waals surface area contributed by atoms with Crippen LogP contribution >= 0.6 is 0 Å². The van der Waals surface area contributed by atoms with Gasteiger partial charge in [0.2, 0.25) is 0 Å². The molecule has 1 aliphatic rings. The number of aryl methyl sites for hydroxylation is 1.